The third-order valence-electron chi connectivity index (χ3n) is 3.42. The number of carbonyl (C=O) groups excluding carboxylic acids is 1. The third kappa shape index (κ3) is 1.16. The van der Waals surface area contributed by atoms with Crippen LogP contribution in [0.1, 0.15) is 25.8 Å². The van der Waals surface area contributed by atoms with E-state index in [4.69, 9.17) is 0 Å². The predicted octanol–water partition coefficient (Wildman–Crippen LogP) is 2.04. The zero-order valence-electron chi connectivity index (χ0n) is 9.24. The molecule has 1 heterocycles. The van der Waals surface area contributed by atoms with Crippen LogP contribution in [0.4, 0.5) is 5.69 Å². The molecular formula is C12H15NO2. The number of likely N-dealkylation sites (N-methyl/N-ethyl adjacent to an activating group) is 1. The van der Waals surface area contributed by atoms with Crippen LogP contribution in [0, 0.1) is 0 Å². The minimum Gasteiger partial charge on any atom is -0.508 e. The molecule has 2 rings (SSSR count). The first kappa shape index (κ1) is 10.0. The Hall–Kier alpha value is -1.51. The first-order valence-corrected chi connectivity index (χ1v) is 5.12. The Balaban J connectivity index is 2.67. The van der Waals surface area contributed by atoms with Gasteiger partial charge in [-0.25, -0.2) is 0 Å². The van der Waals surface area contributed by atoms with Gasteiger partial charge in [-0.2, -0.15) is 0 Å². The Kier molecular flexibility index (Phi) is 2.00. The Labute approximate surface area is 89.3 Å². The van der Waals surface area contributed by atoms with Crippen LogP contribution in [0.5, 0.6) is 5.75 Å². The largest absolute Gasteiger partial charge is 0.508 e. The standard InChI is InChI=1S/C12H15NO2/c1-4-12(2)9-7-8(14)5-6-10(9)13(3)11(12)15/h5-7,14H,4H2,1-3H3/t12-/m1/s1. The molecule has 0 aliphatic carbocycles. The molecule has 0 fully saturated rings. The molecular weight excluding hydrogens is 190 g/mol. The van der Waals surface area contributed by atoms with E-state index >= 15 is 0 Å². The van der Waals surface area contributed by atoms with Gasteiger partial charge in [0.1, 0.15) is 5.75 Å². The maximum Gasteiger partial charge on any atom is 0.237 e. The van der Waals surface area contributed by atoms with E-state index in [1.165, 1.54) is 0 Å². The van der Waals surface area contributed by atoms with Gasteiger partial charge in [-0.1, -0.05) is 6.92 Å². The number of benzene rings is 1. The van der Waals surface area contributed by atoms with Gasteiger partial charge in [-0.05, 0) is 37.1 Å². The molecule has 1 aromatic carbocycles. The van der Waals surface area contributed by atoms with Crippen molar-refractivity contribution in [3.8, 4) is 5.75 Å². The number of fused-ring (bicyclic) bond motifs is 1. The van der Waals surface area contributed by atoms with E-state index < -0.39 is 5.41 Å². The third-order valence-corrected chi connectivity index (χ3v) is 3.42. The summed E-state index contributed by atoms with van der Waals surface area (Å²) < 4.78 is 0. The number of amides is 1. The van der Waals surface area contributed by atoms with Crippen molar-refractivity contribution in [2.24, 2.45) is 0 Å². The van der Waals surface area contributed by atoms with E-state index in [1.54, 1.807) is 30.1 Å². The molecule has 1 N–H and O–H groups in total. The summed E-state index contributed by atoms with van der Waals surface area (Å²) in [5, 5.41) is 9.47. The summed E-state index contributed by atoms with van der Waals surface area (Å²) >= 11 is 0. The van der Waals surface area contributed by atoms with Gasteiger partial charge >= 0.3 is 0 Å². The highest BCUT2D eigenvalue weighted by Gasteiger charge is 2.44. The summed E-state index contributed by atoms with van der Waals surface area (Å²) in [5.74, 6) is 0.321. The Morgan fingerprint density at radius 1 is 1.47 bits per heavy atom. The van der Waals surface area contributed by atoms with E-state index in [1.807, 2.05) is 13.8 Å². The second kappa shape index (κ2) is 2.99. The van der Waals surface area contributed by atoms with Gasteiger partial charge in [0.2, 0.25) is 5.91 Å². The summed E-state index contributed by atoms with van der Waals surface area (Å²) in [6.07, 6.45) is 0.743. The van der Waals surface area contributed by atoms with Gasteiger partial charge < -0.3 is 10.0 Å². The number of aromatic hydroxyl groups is 1. The lowest BCUT2D eigenvalue weighted by molar-refractivity contribution is -0.122. The molecule has 3 nitrogen and oxygen atoms in total. The Morgan fingerprint density at radius 3 is 2.73 bits per heavy atom. The monoisotopic (exact) mass is 205 g/mol. The van der Waals surface area contributed by atoms with Crippen LogP contribution >= 0.6 is 0 Å². The number of anilines is 1. The normalized spacial score (nSPS) is 24.5. The minimum absolute atomic E-state index is 0.102. The molecule has 80 valence electrons. The number of phenols is 1. The molecule has 1 aliphatic heterocycles. The lowest BCUT2D eigenvalue weighted by atomic mass is 9.81. The zero-order valence-corrected chi connectivity index (χ0v) is 9.24. The van der Waals surface area contributed by atoms with E-state index in [0.29, 0.717) is 0 Å². The summed E-state index contributed by atoms with van der Waals surface area (Å²) in [5.41, 5.74) is 1.35. The van der Waals surface area contributed by atoms with Gasteiger partial charge in [-0.3, -0.25) is 4.79 Å². The van der Waals surface area contributed by atoms with Gasteiger partial charge in [0, 0.05) is 12.7 Å². The average Bonchev–Trinajstić information content (AvgIpc) is 2.42. The summed E-state index contributed by atoms with van der Waals surface area (Å²) in [6.45, 7) is 3.92. The molecule has 1 amide bonds. The smallest absolute Gasteiger partial charge is 0.237 e. The first-order valence-electron chi connectivity index (χ1n) is 5.12. The number of carbonyl (C=O) groups is 1. The molecule has 1 aliphatic rings. The maximum atomic E-state index is 12.1. The number of hydrogen-bond donors (Lipinski definition) is 1. The van der Waals surface area contributed by atoms with E-state index in [2.05, 4.69) is 0 Å². The first-order chi connectivity index (χ1) is 7.00. The van der Waals surface area contributed by atoms with Crippen LogP contribution in [0.15, 0.2) is 18.2 Å². The number of nitrogens with zero attached hydrogens (tertiary/aromatic N) is 1. The molecule has 0 saturated heterocycles. The van der Waals surface area contributed by atoms with Crippen molar-refractivity contribution < 1.29 is 9.90 Å². The Morgan fingerprint density at radius 2 is 2.13 bits per heavy atom. The van der Waals surface area contributed by atoms with Crippen LogP contribution in [-0.2, 0) is 10.2 Å². The molecule has 0 aromatic heterocycles. The van der Waals surface area contributed by atoms with Gasteiger partial charge in [0.15, 0.2) is 0 Å². The zero-order chi connectivity index (χ0) is 11.2. The molecule has 0 spiro atoms. The highest BCUT2D eigenvalue weighted by Crippen LogP contribution is 2.44. The van der Waals surface area contributed by atoms with Crippen LogP contribution < -0.4 is 4.90 Å². The van der Waals surface area contributed by atoms with Crippen LogP contribution in [-0.4, -0.2) is 18.1 Å². The van der Waals surface area contributed by atoms with Crippen molar-refractivity contribution >= 4 is 11.6 Å². The lowest BCUT2D eigenvalue weighted by Crippen LogP contribution is -2.35. The molecule has 0 bridgehead atoms. The Bertz CT molecular complexity index is 428. The lowest BCUT2D eigenvalue weighted by Gasteiger charge is -2.20. The molecule has 3 heteroatoms. The highest BCUT2D eigenvalue weighted by atomic mass is 16.3. The number of rotatable bonds is 1. The molecule has 0 saturated carbocycles. The molecule has 0 unspecified atom stereocenters. The molecule has 1 atom stereocenters. The topological polar surface area (TPSA) is 40.5 Å². The second-order valence-corrected chi connectivity index (χ2v) is 4.25. The number of phenolic OH excluding ortho intramolecular Hbond substituents is 1. The highest BCUT2D eigenvalue weighted by molar-refractivity contribution is 6.07. The van der Waals surface area contributed by atoms with E-state index in [-0.39, 0.29) is 11.7 Å². The van der Waals surface area contributed by atoms with Gasteiger partial charge in [0.25, 0.3) is 0 Å². The van der Waals surface area contributed by atoms with Crippen molar-refractivity contribution in [1.29, 1.82) is 0 Å². The molecule has 0 radical (unpaired) electrons. The fourth-order valence-corrected chi connectivity index (χ4v) is 2.19. The van der Waals surface area contributed by atoms with Crippen molar-refractivity contribution in [2.75, 3.05) is 11.9 Å². The maximum absolute atomic E-state index is 12.1. The van der Waals surface area contributed by atoms with Crippen LogP contribution in [0.25, 0.3) is 0 Å². The summed E-state index contributed by atoms with van der Waals surface area (Å²) in [7, 11) is 1.78. The van der Waals surface area contributed by atoms with Crippen LogP contribution in [0.3, 0.4) is 0 Å². The minimum atomic E-state index is -0.483. The predicted molar refractivity (Wildman–Crippen MR) is 59.2 cm³/mol. The van der Waals surface area contributed by atoms with E-state index in [9.17, 15) is 9.90 Å². The SMILES string of the molecule is CC[C@@]1(C)C(=O)N(C)c2ccc(O)cc21. The fraction of sp³-hybridized carbons (Fsp3) is 0.417. The summed E-state index contributed by atoms with van der Waals surface area (Å²) in [4.78, 5) is 13.7. The quantitative estimate of drug-likeness (QED) is 0.762. The van der Waals surface area contributed by atoms with Crippen LogP contribution in [0.2, 0.25) is 0 Å². The molecule has 1 aromatic rings. The van der Waals surface area contributed by atoms with Gasteiger partial charge in [-0.15, -0.1) is 0 Å². The average molecular weight is 205 g/mol. The fourth-order valence-electron chi connectivity index (χ4n) is 2.19. The number of hydrogen-bond acceptors (Lipinski definition) is 2. The van der Waals surface area contributed by atoms with E-state index in [0.717, 1.165) is 17.7 Å². The van der Waals surface area contributed by atoms with Crippen molar-refractivity contribution in [2.45, 2.75) is 25.7 Å². The summed E-state index contributed by atoms with van der Waals surface area (Å²) in [6, 6.07) is 5.10. The van der Waals surface area contributed by atoms with Crippen molar-refractivity contribution in [1.82, 2.24) is 0 Å². The van der Waals surface area contributed by atoms with Crippen molar-refractivity contribution in [3.63, 3.8) is 0 Å². The molecule has 15 heavy (non-hydrogen) atoms. The second-order valence-electron chi connectivity index (χ2n) is 4.25. The van der Waals surface area contributed by atoms with Gasteiger partial charge in [0.05, 0.1) is 5.41 Å². The van der Waals surface area contributed by atoms with Crippen molar-refractivity contribution in [3.05, 3.63) is 23.8 Å².